The van der Waals surface area contributed by atoms with E-state index in [9.17, 15) is 19.8 Å². The van der Waals surface area contributed by atoms with E-state index >= 15 is 0 Å². The largest absolute Gasteiger partial charge is 0.504 e. The van der Waals surface area contributed by atoms with Crippen molar-refractivity contribution in [3.63, 3.8) is 0 Å². The number of phenols is 2. The van der Waals surface area contributed by atoms with Gasteiger partial charge in [0.1, 0.15) is 0 Å². The van der Waals surface area contributed by atoms with Gasteiger partial charge >= 0.3 is 0 Å². The van der Waals surface area contributed by atoms with E-state index in [2.05, 4.69) is 35.9 Å². The number of benzene rings is 3. The van der Waals surface area contributed by atoms with Crippen LogP contribution in [0.4, 0.5) is 11.4 Å². The Morgan fingerprint density at radius 1 is 0.714 bits per heavy atom. The number of rotatable bonds is 4. The summed E-state index contributed by atoms with van der Waals surface area (Å²) in [5, 5.41) is 24.6. The van der Waals surface area contributed by atoms with Crippen molar-refractivity contribution in [2.24, 2.45) is 0 Å². The van der Waals surface area contributed by atoms with Crippen LogP contribution in [-0.4, -0.2) is 22.0 Å². The van der Waals surface area contributed by atoms with Crippen molar-refractivity contribution in [3.8, 4) is 11.5 Å². The summed E-state index contributed by atoms with van der Waals surface area (Å²) in [6, 6.07) is 15.7. The highest BCUT2D eigenvalue weighted by Crippen LogP contribution is 2.29. The molecule has 0 unspecified atom stereocenters. The zero-order valence-corrected chi connectivity index (χ0v) is 16.2. The van der Waals surface area contributed by atoms with Crippen molar-refractivity contribution in [1.29, 1.82) is 0 Å². The molecule has 0 bridgehead atoms. The van der Waals surface area contributed by atoms with Crippen LogP contribution in [0, 0.1) is 0 Å². The van der Waals surface area contributed by atoms with Gasteiger partial charge in [-0.1, -0.05) is 12.1 Å². The lowest BCUT2D eigenvalue weighted by Crippen LogP contribution is -2.14. The van der Waals surface area contributed by atoms with Crippen molar-refractivity contribution < 1.29 is 19.8 Å². The maximum absolute atomic E-state index is 12.4. The number of carbonyl (C=O) groups is 2. The number of thiol groups is 2. The molecule has 0 spiro atoms. The molecule has 0 aliphatic heterocycles. The van der Waals surface area contributed by atoms with Crippen LogP contribution in [0.1, 0.15) is 20.7 Å². The number of aromatic hydroxyl groups is 2. The Morgan fingerprint density at radius 3 is 1.82 bits per heavy atom. The normalized spacial score (nSPS) is 10.4. The van der Waals surface area contributed by atoms with E-state index in [0.29, 0.717) is 26.7 Å². The second kappa shape index (κ2) is 8.28. The van der Waals surface area contributed by atoms with Crippen molar-refractivity contribution in [2.45, 2.75) is 9.79 Å². The molecule has 0 saturated heterocycles. The summed E-state index contributed by atoms with van der Waals surface area (Å²) in [7, 11) is 0. The molecule has 142 valence electrons. The molecule has 6 nitrogen and oxygen atoms in total. The van der Waals surface area contributed by atoms with Gasteiger partial charge in [-0.05, 0) is 48.5 Å². The van der Waals surface area contributed by atoms with Gasteiger partial charge in [-0.15, -0.1) is 25.3 Å². The maximum Gasteiger partial charge on any atom is 0.259 e. The van der Waals surface area contributed by atoms with E-state index in [0.717, 1.165) is 0 Å². The summed E-state index contributed by atoms with van der Waals surface area (Å²) in [5.74, 6) is -1.77. The zero-order valence-electron chi connectivity index (χ0n) is 14.4. The van der Waals surface area contributed by atoms with Gasteiger partial charge in [0, 0.05) is 21.2 Å². The molecule has 0 aliphatic carbocycles. The van der Waals surface area contributed by atoms with E-state index in [4.69, 9.17) is 0 Å². The SMILES string of the molecule is O=C(Nc1ccc(NC(=O)c2cccc(S)c2S)cc1)c1cccc(O)c1O. The van der Waals surface area contributed by atoms with E-state index in [-0.39, 0.29) is 17.2 Å². The van der Waals surface area contributed by atoms with Crippen LogP contribution in [0.3, 0.4) is 0 Å². The van der Waals surface area contributed by atoms with Crippen molar-refractivity contribution in [3.05, 3.63) is 71.8 Å². The molecule has 2 amide bonds. The Bertz CT molecular complexity index is 968. The number of para-hydroxylation sites is 1. The Hall–Kier alpha value is -3.10. The molecule has 4 N–H and O–H groups in total. The minimum atomic E-state index is -0.574. The number of amides is 2. The van der Waals surface area contributed by atoms with Crippen molar-refractivity contribution in [1.82, 2.24) is 0 Å². The number of nitrogens with one attached hydrogen (secondary N) is 2. The van der Waals surface area contributed by atoms with Gasteiger partial charge in [0.05, 0.1) is 11.1 Å². The average molecular weight is 412 g/mol. The molecule has 0 aromatic heterocycles. The van der Waals surface area contributed by atoms with Gasteiger partial charge < -0.3 is 20.8 Å². The van der Waals surface area contributed by atoms with E-state index in [1.807, 2.05) is 0 Å². The van der Waals surface area contributed by atoms with Gasteiger partial charge in [-0.2, -0.15) is 0 Å². The number of anilines is 2. The molecule has 3 aromatic rings. The minimum absolute atomic E-state index is 0.0506. The predicted octanol–water partition coefficient (Wildman–Crippen LogP) is 4.18. The quantitative estimate of drug-likeness (QED) is 0.286. The van der Waals surface area contributed by atoms with Gasteiger partial charge in [-0.3, -0.25) is 9.59 Å². The Balaban J connectivity index is 1.70. The Morgan fingerprint density at radius 2 is 1.21 bits per heavy atom. The molecule has 0 fully saturated rings. The van der Waals surface area contributed by atoms with Crippen LogP contribution in [0.15, 0.2) is 70.5 Å². The second-order valence-corrected chi connectivity index (χ2v) is 6.76. The monoisotopic (exact) mass is 412 g/mol. The third-order valence-electron chi connectivity index (χ3n) is 3.92. The van der Waals surface area contributed by atoms with Crippen LogP contribution in [0.5, 0.6) is 11.5 Å². The van der Waals surface area contributed by atoms with E-state index < -0.39 is 11.7 Å². The third kappa shape index (κ3) is 4.24. The summed E-state index contributed by atoms with van der Waals surface area (Å²) >= 11 is 8.55. The van der Waals surface area contributed by atoms with E-state index in [1.54, 1.807) is 42.5 Å². The number of hydrogen-bond acceptors (Lipinski definition) is 6. The molecule has 3 aromatic carbocycles. The molecule has 0 saturated carbocycles. The Labute approximate surface area is 172 Å². The number of carbonyl (C=O) groups excluding carboxylic acids is 2. The van der Waals surface area contributed by atoms with Crippen LogP contribution >= 0.6 is 25.3 Å². The summed E-state index contributed by atoms with van der Waals surface area (Å²) in [5.41, 5.74) is 1.33. The first kappa shape index (κ1) is 19.7. The second-order valence-electron chi connectivity index (χ2n) is 5.83. The topological polar surface area (TPSA) is 98.7 Å². The highest BCUT2D eigenvalue weighted by atomic mass is 32.1. The summed E-state index contributed by atoms with van der Waals surface area (Å²) in [6.07, 6.45) is 0. The molecular weight excluding hydrogens is 396 g/mol. The molecule has 3 rings (SSSR count). The molecule has 0 atom stereocenters. The minimum Gasteiger partial charge on any atom is -0.504 e. The van der Waals surface area contributed by atoms with Crippen LogP contribution < -0.4 is 10.6 Å². The molecule has 8 heteroatoms. The van der Waals surface area contributed by atoms with Gasteiger partial charge in [-0.25, -0.2) is 0 Å². The molecule has 0 radical (unpaired) electrons. The molecule has 0 heterocycles. The van der Waals surface area contributed by atoms with Crippen molar-refractivity contribution >= 4 is 48.4 Å². The van der Waals surface area contributed by atoms with Crippen LogP contribution in [-0.2, 0) is 0 Å². The number of hydrogen-bond donors (Lipinski definition) is 6. The lowest BCUT2D eigenvalue weighted by atomic mass is 10.1. The summed E-state index contributed by atoms with van der Waals surface area (Å²) in [6.45, 7) is 0. The van der Waals surface area contributed by atoms with Crippen molar-refractivity contribution in [2.75, 3.05) is 10.6 Å². The Kier molecular flexibility index (Phi) is 5.81. The molecule has 28 heavy (non-hydrogen) atoms. The van der Waals surface area contributed by atoms with Gasteiger partial charge in [0.2, 0.25) is 0 Å². The van der Waals surface area contributed by atoms with Gasteiger partial charge in [0.15, 0.2) is 11.5 Å². The van der Waals surface area contributed by atoms with Crippen LogP contribution in [0.25, 0.3) is 0 Å². The fourth-order valence-electron chi connectivity index (χ4n) is 2.46. The number of phenolic OH excluding ortho intramolecular Hbond substituents is 2. The predicted molar refractivity (Wildman–Crippen MR) is 113 cm³/mol. The summed E-state index contributed by atoms with van der Waals surface area (Å²) < 4.78 is 0. The first-order valence-electron chi connectivity index (χ1n) is 8.11. The van der Waals surface area contributed by atoms with Crippen LogP contribution in [0.2, 0.25) is 0 Å². The highest BCUT2D eigenvalue weighted by molar-refractivity contribution is 7.83. The lowest BCUT2D eigenvalue weighted by Gasteiger charge is -2.10. The zero-order chi connectivity index (χ0) is 20.3. The average Bonchev–Trinajstić information content (AvgIpc) is 2.67. The van der Waals surface area contributed by atoms with E-state index in [1.165, 1.54) is 18.2 Å². The summed E-state index contributed by atoms with van der Waals surface area (Å²) in [4.78, 5) is 25.7. The third-order valence-corrected chi connectivity index (χ3v) is 4.95. The first-order chi connectivity index (χ1) is 13.4. The molecule has 0 aliphatic rings. The lowest BCUT2D eigenvalue weighted by molar-refractivity contribution is 0.101. The fraction of sp³-hybridized carbons (Fsp3) is 0. The standard InChI is InChI=1S/C20H16N2O4S2/c23-15-5-1-3-13(17(15)24)19(25)21-11-7-9-12(10-8-11)22-20(26)14-4-2-6-16(27)18(14)28/h1-10,23-24,27-28H,(H,21,25)(H,22,26). The molecular formula is C20H16N2O4S2. The fourth-order valence-corrected chi connectivity index (χ4v) is 2.92. The maximum atomic E-state index is 12.4. The smallest absolute Gasteiger partial charge is 0.259 e. The first-order valence-corrected chi connectivity index (χ1v) is 9.01. The van der Waals surface area contributed by atoms with Gasteiger partial charge in [0.25, 0.3) is 11.8 Å². The highest BCUT2D eigenvalue weighted by Gasteiger charge is 2.15.